The number of pyridine rings is 1. The summed E-state index contributed by atoms with van der Waals surface area (Å²) >= 11 is 0. The highest BCUT2D eigenvalue weighted by molar-refractivity contribution is 5.91. The molecular formula is C18H20N6O. The Labute approximate surface area is 146 Å². The molecule has 2 amide bonds. The minimum atomic E-state index is -0.303. The van der Waals surface area contributed by atoms with Crippen molar-refractivity contribution in [1.82, 2.24) is 25.1 Å². The number of carbonyl (C=O) groups excluding carboxylic acids is 1. The molecule has 0 bridgehead atoms. The maximum Gasteiger partial charge on any atom is 0.319 e. The lowest BCUT2D eigenvalue weighted by molar-refractivity contribution is 0.249. The number of benzene rings is 1. The number of aromatic nitrogens is 4. The molecule has 7 nitrogen and oxygen atoms in total. The number of rotatable bonds is 4. The Morgan fingerprint density at radius 2 is 2.04 bits per heavy atom. The van der Waals surface area contributed by atoms with Gasteiger partial charge in [-0.05, 0) is 49.6 Å². The van der Waals surface area contributed by atoms with Gasteiger partial charge in [0.25, 0.3) is 0 Å². The number of amides is 2. The number of hydrogen-bond acceptors (Lipinski definition) is 4. The summed E-state index contributed by atoms with van der Waals surface area (Å²) in [6.07, 6.45) is 4.59. The first-order chi connectivity index (χ1) is 12.1. The van der Waals surface area contributed by atoms with E-state index >= 15 is 0 Å². The highest BCUT2D eigenvalue weighted by atomic mass is 16.2. The summed E-state index contributed by atoms with van der Waals surface area (Å²) in [6.45, 7) is 6.08. The summed E-state index contributed by atoms with van der Waals surface area (Å²) in [5.74, 6) is 0.509. The van der Waals surface area contributed by atoms with E-state index in [-0.39, 0.29) is 12.1 Å². The highest BCUT2D eigenvalue weighted by Gasteiger charge is 2.14. The molecule has 128 valence electrons. The average molecular weight is 336 g/mol. The standard InChI is InChI=1S/C18H20N6O/c1-12-6-4-7-15(13(12)2)14(3)22-18(25)23-16-8-5-9-20-17(16)24-11-19-10-21-24/h4-11,14H,1-3H3,(H2,22,23,25)/t14-/m0/s1. The maximum atomic E-state index is 12.4. The third kappa shape index (κ3) is 3.65. The van der Waals surface area contributed by atoms with Crippen molar-refractivity contribution < 1.29 is 4.79 Å². The van der Waals surface area contributed by atoms with Crippen LogP contribution in [0.4, 0.5) is 10.5 Å². The molecule has 2 heterocycles. The van der Waals surface area contributed by atoms with Gasteiger partial charge in [0.2, 0.25) is 0 Å². The van der Waals surface area contributed by atoms with Crippen LogP contribution >= 0.6 is 0 Å². The number of carbonyl (C=O) groups is 1. The van der Waals surface area contributed by atoms with Gasteiger partial charge >= 0.3 is 6.03 Å². The molecule has 0 aliphatic carbocycles. The van der Waals surface area contributed by atoms with Crippen LogP contribution in [0.25, 0.3) is 5.82 Å². The molecule has 1 aromatic carbocycles. The zero-order chi connectivity index (χ0) is 17.8. The first-order valence-electron chi connectivity index (χ1n) is 8.00. The second-order valence-corrected chi connectivity index (χ2v) is 5.82. The van der Waals surface area contributed by atoms with Crippen molar-refractivity contribution in [2.75, 3.05) is 5.32 Å². The Hall–Kier alpha value is -3.22. The first-order valence-corrected chi connectivity index (χ1v) is 8.00. The van der Waals surface area contributed by atoms with Gasteiger partial charge in [-0.2, -0.15) is 5.10 Å². The van der Waals surface area contributed by atoms with Crippen molar-refractivity contribution in [3.05, 3.63) is 65.9 Å². The zero-order valence-electron chi connectivity index (χ0n) is 14.4. The van der Waals surface area contributed by atoms with Crippen molar-refractivity contribution in [3.63, 3.8) is 0 Å². The molecule has 3 rings (SSSR count). The van der Waals surface area contributed by atoms with Crippen LogP contribution in [0, 0.1) is 13.8 Å². The lowest BCUT2D eigenvalue weighted by Gasteiger charge is -2.18. The average Bonchev–Trinajstić information content (AvgIpc) is 3.12. The number of nitrogens with one attached hydrogen (secondary N) is 2. The lowest BCUT2D eigenvalue weighted by Crippen LogP contribution is -2.32. The monoisotopic (exact) mass is 336 g/mol. The van der Waals surface area contributed by atoms with Crippen LogP contribution < -0.4 is 10.6 Å². The highest BCUT2D eigenvalue weighted by Crippen LogP contribution is 2.21. The number of aryl methyl sites for hydroxylation is 1. The van der Waals surface area contributed by atoms with Gasteiger partial charge in [-0.1, -0.05) is 18.2 Å². The molecule has 1 atom stereocenters. The van der Waals surface area contributed by atoms with E-state index in [9.17, 15) is 4.79 Å². The topological polar surface area (TPSA) is 84.7 Å². The second kappa shape index (κ2) is 7.12. The Kier molecular flexibility index (Phi) is 4.74. The third-order valence-corrected chi connectivity index (χ3v) is 4.13. The molecule has 0 saturated heterocycles. The van der Waals surface area contributed by atoms with Gasteiger partial charge in [0.15, 0.2) is 5.82 Å². The number of nitrogens with zero attached hydrogens (tertiary/aromatic N) is 4. The van der Waals surface area contributed by atoms with E-state index in [1.807, 2.05) is 19.1 Å². The zero-order valence-corrected chi connectivity index (χ0v) is 14.4. The molecule has 0 unspecified atom stereocenters. The maximum absolute atomic E-state index is 12.4. The summed E-state index contributed by atoms with van der Waals surface area (Å²) in [4.78, 5) is 20.6. The lowest BCUT2D eigenvalue weighted by atomic mass is 9.98. The predicted molar refractivity (Wildman–Crippen MR) is 95.6 cm³/mol. The van der Waals surface area contributed by atoms with E-state index in [4.69, 9.17) is 0 Å². The van der Waals surface area contributed by atoms with Crippen molar-refractivity contribution in [1.29, 1.82) is 0 Å². The molecule has 2 aromatic heterocycles. The van der Waals surface area contributed by atoms with Gasteiger partial charge in [-0.3, -0.25) is 0 Å². The fraction of sp³-hybridized carbons (Fsp3) is 0.222. The van der Waals surface area contributed by atoms with Gasteiger partial charge < -0.3 is 10.6 Å². The fourth-order valence-corrected chi connectivity index (χ4v) is 2.67. The summed E-state index contributed by atoms with van der Waals surface area (Å²) in [5, 5.41) is 9.85. The molecule has 7 heteroatoms. The molecule has 0 radical (unpaired) electrons. The smallest absolute Gasteiger partial charge is 0.319 e. The minimum absolute atomic E-state index is 0.119. The van der Waals surface area contributed by atoms with Gasteiger partial charge in [-0.25, -0.2) is 19.4 Å². The van der Waals surface area contributed by atoms with Crippen molar-refractivity contribution >= 4 is 11.7 Å². The van der Waals surface area contributed by atoms with Gasteiger partial charge in [0.1, 0.15) is 12.7 Å². The van der Waals surface area contributed by atoms with Gasteiger partial charge in [-0.15, -0.1) is 0 Å². The van der Waals surface area contributed by atoms with Crippen LogP contribution in [0.3, 0.4) is 0 Å². The van der Waals surface area contributed by atoms with Crippen LogP contribution in [-0.4, -0.2) is 25.8 Å². The Balaban J connectivity index is 1.74. The Morgan fingerprint density at radius 1 is 1.20 bits per heavy atom. The Morgan fingerprint density at radius 3 is 2.80 bits per heavy atom. The van der Waals surface area contributed by atoms with Gasteiger partial charge in [0.05, 0.1) is 11.7 Å². The predicted octanol–water partition coefficient (Wildman–Crippen LogP) is 3.16. The minimum Gasteiger partial charge on any atom is -0.331 e. The first kappa shape index (κ1) is 16.6. The fourth-order valence-electron chi connectivity index (χ4n) is 2.67. The van der Waals surface area contributed by atoms with Crippen molar-refractivity contribution in [2.45, 2.75) is 26.8 Å². The molecule has 25 heavy (non-hydrogen) atoms. The van der Waals surface area contributed by atoms with E-state index in [0.717, 1.165) is 5.56 Å². The van der Waals surface area contributed by atoms with Crippen LogP contribution in [0.15, 0.2) is 49.2 Å². The van der Waals surface area contributed by atoms with E-state index in [1.165, 1.54) is 28.5 Å². The van der Waals surface area contributed by atoms with E-state index in [2.05, 4.69) is 45.6 Å². The number of hydrogen-bond donors (Lipinski definition) is 2. The van der Waals surface area contributed by atoms with Crippen LogP contribution in [0.5, 0.6) is 0 Å². The SMILES string of the molecule is Cc1cccc([C@H](C)NC(=O)Nc2cccnc2-n2cncn2)c1C. The van der Waals surface area contributed by atoms with E-state index < -0.39 is 0 Å². The molecular weight excluding hydrogens is 316 g/mol. The molecule has 0 aliphatic heterocycles. The molecule has 0 aliphatic rings. The summed E-state index contributed by atoms with van der Waals surface area (Å²) in [5.41, 5.74) is 4.03. The molecule has 0 spiro atoms. The van der Waals surface area contributed by atoms with E-state index in [1.54, 1.807) is 18.3 Å². The number of anilines is 1. The third-order valence-electron chi connectivity index (χ3n) is 4.13. The normalized spacial score (nSPS) is 11.8. The van der Waals surface area contributed by atoms with E-state index in [0.29, 0.717) is 11.5 Å². The van der Waals surface area contributed by atoms with Crippen LogP contribution in [0.2, 0.25) is 0 Å². The summed E-state index contributed by atoms with van der Waals surface area (Å²) < 4.78 is 1.50. The summed E-state index contributed by atoms with van der Waals surface area (Å²) in [7, 11) is 0. The largest absolute Gasteiger partial charge is 0.331 e. The quantitative estimate of drug-likeness (QED) is 0.766. The molecule has 2 N–H and O–H groups in total. The molecule has 0 saturated carbocycles. The summed E-state index contributed by atoms with van der Waals surface area (Å²) in [6, 6.07) is 9.19. The van der Waals surface area contributed by atoms with Crippen molar-refractivity contribution in [2.24, 2.45) is 0 Å². The van der Waals surface area contributed by atoms with Crippen molar-refractivity contribution in [3.8, 4) is 5.82 Å². The van der Waals surface area contributed by atoms with Crippen LogP contribution in [-0.2, 0) is 0 Å². The van der Waals surface area contributed by atoms with Crippen LogP contribution in [0.1, 0.15) is 29.7 Å². The van der Waals surface area contributed by atoms with Gasteiger partial charge in [0, 0.05) is 6.20 Å². The molecule has 0 fully saturated rings. The second-order valence-electron chi connectivity index (χ2n) is 5.82. The Bertz CT molecular complexity index is 875. The number of urea groups is 1. The molecule has 3 aromatic rings.